The van der Waals surface area contributed by atoms with Gasteiger partial charge in [0.2, 0.25) is 5.43 Å². The Morgan fingerprint density at radius 1 is 1.18 bits per heavy atom. The van der Waals surface area contributed by atoms with Crippen LogP contribution in [-0.2, 0) is 0 Å². The van der Waals surface area contributed by atoms with Gasteiger partial charge in [0.25, 0.3) is 5.91 Å². The third-order valence-electron chi connectivity index (χ3n) is 6.15. The van der Waals surface area contributed by atoms with Crippen molar-refractivity contribution in [1.82, 2.24) is 14.6 Å². The molecule has 1 aromatic carbocycles. The highest BCUT2D eigenvalue weighted by atomic mass is 19.1. The molecule has 174 valence electrons. The highest BCUT2D eigenvalue weighted by molar-refractivity contribution is 5.96. The lowest BCUT2D eigenvalue weighted by Gasteiger charge is -2.45. The van der Waals surface area contributed by atoms with Crippen molar-refractivity contribution in [3.05, 3.63) is 100 Å². The van der Waals surface area contributed by atoms with Gasteiger partial charge in [0.05, 0.1) is 11.7 Å². The summed E-state index contributed by atoms with van der Waals surface area (Å²) in [5.41, 5.74) is 0.278. The van der Waals surface area contributed by atoms with Crippen molar-refractivity contribution in [2.75, 3.05) is 18.3 Å². The molecule has 1 N–H and O–H groups in total. The Labute approximate surface area is 195 Å². The van der Waals surface area contributed by atoms with Crippen molar-refractivity contribution in [2.24, 2.45) is 0 Å². The molecule has 2 atom stereocenters. The van der Waals surface area contributed by atoms with Crippen molar-refractivity contribution >= 4 is 5.91 Å². The Bertz CT molecular complexity index is 1320. The summed E-state index contributed by atoms with van der Waals surface area (Å²) >= 11 is 0. The summed E-state index contributed by atoms with van der Waals surface area (Å²) in [6.07, 6.45) is 7.23. The van der Waals surface area contributed by atoms with Crippen LogP contribution in [0.5, 0.6) is 11.5 Å². The number of hydrogen-bond acceptors (Lipinski definition) is 6. The summed E-state index contributed by atoms with van der Waals surface area (Å²) in [6.45, 7) is 2.15. The summed E-state index contributed by atoms with van der Waals surface area (Å²) in [6, 6.07) is 10.2. The first-order valence-electron chi connectivity index (χ1n) is 11.0. The predicted octanol–water partition coefficient (Wildman–Crippen LogP) is 2.96. The largest absolute Gasteiger partial charge is 0.502 e. The van der Waals surface area contributed by atoms with E-state index < -0.39 is 28.9 Å². The van der Waals surface area contributed by atoms with Crippen LogP contribution < -0.4 is 15.2 Å². The summed E-state index contributed by atoms with van der Waals surface area (Å²) in [5.74, 6) is -1.55. The number of para-hydroxylation sites is 1. The van der Waals surface area contributed by atoms with E-state index in [2.05, 4.69) is 4.98 Å². The number of halogens is 1. The minimum absolute atomic E-state index is 0.0769. The maximum absolute atomic E-state index is 15.0. The molecule has 0 unspecified atom stereocenters. The minimum atomic E-state index is -0.696. The minimum Gasteiger partial charge on any atom is -0.502 e. The average molecular weight is 462 g/mol. The standard InChI is InChI=1S/C25H23FN4O4/c1-2-16-7-6-14-34-24-17(8-5-9-18(24)26)21(19-10-3-4-12-27-19)30-15-28(16)25(33)22-23(32)20(31)11-13-29(22)30/h3-13,16,21,32H,2,14-15H2,1H3/b7-6-/t16-,21-/m1/s1. The topological polar surface area (TPSA) is 87.9 Å². The molecule has 34 heavy (non-hydrogen) atoms. The van der Waals surface area contributed by atoms with Crippen LogP contribution in [0.2, 0.25) is 0 Å². The molecule has 2 aliphatic rings. The predicted molar refractivity (Wildman–Crippen MR) is 123 cm³/mol. The fraction of sp³-hybridized carbons (Fsp3) is 0.240. The lowest BCUT2D eigenvalue weighted by Crippen LogP contribution is -2.57. The molecule has 0 radical (unpaired) electrons. The molecule has 0 saturated heterocycles. The molecule has 0 fully saturated rings. The van der Waals surface area contributed by atoms with Gasteiger partial charge in [-0.1, -0.05) is 31.2 Å². The molecular formula is C25H23FN4O4. The number of amides is 1. The van der Waals surface area contributed by atoms with Crippen LogP contribution in [0.4, 0.5) is 4.39 Å². The van der Waals surface area contributed by atoms with Gasteiger partial charge in [0.1, 0.15) is 19.3 Å². The van der Waals surface area contributed by atoms with Gasteiger partial charge in [-0.05, 0) is 30.7 Å². The fourth-order valence-corrected chi connectivity index (χ4v) is 4.52. The Morgan fingerprint density at radius 2 is 2.03 bits per heavy atom. The second-order valence-electron chi connectivity index (χ2n) is 8.11. The van der Waals surface area contributed by atoms with Crippen LogP contribution in [0.15, 0.2) is 71.8 Å². The van der Waals surface area contributed by atoms with E-state index in [0.717, 1.165) is 0 Å². The molecule has 5 rings (SSSR count). The van der Waals surface area contributed by atoms with Crippen molar-refractivity contribution in [2.45, 2.75) is 25.4 Å². The number of nitrogens with zero attached hydrogens (tertiary/aromatic N) is 4. The van der Waals surface area contributed by atoms with Gasteiger partial charge >= 0.3 is 0 Å². The summed E-state index contributed by atoms with van der Waals surface area (Å²) in [7, 11) is 0. The maximum atomic E-state index is 15.0. The van der Waals surface area contributed by atoms with Crippen LogP contribution in [0, 0.1) is 5.82 Å². The van der Waals surface area contributed by atoms with Crippen LogP contribution in [0.3, 0.4) is 0 Å². The zero-order chi connectivity index (χ0) is 23.8. The molecule has 4 heterocycles. The highest BCUT2D eigenvalue weighted by Crippen LogP contribution is 2.38. The number of benzene rings is 1. The molecule has 3 aromatic rings. The lowest BCUT2D eigenvalue weighted by atomic mass is 10.0. The number of carbonyl (C=O) groups excluding carboxylic acids is 1. The van der Waals surface area contributed by atoms with Crippen molar-refractivity contribution < 1.29 is 19.0 Å². The van der Waals surface area contributed by atoms with E-state index >= 15 is 4.39 Å². The fourth-order valence-electron chi connectivity index (χ4n) is 4.52. The number of ether oxygens (including phenoxy) is 1. The normalized spacial score (nSPS) is 20.6. The summed E-state index contributed by atoms with van der Waals surface area (Å²) in [4.78, 5) is 31.9. The number of aromatic nitrogens is 2. The Morgan fingerprint density at radius 3 is 2.79 bits per heavy atom. The van der Waals surface area contributed by atoms with Crippen LogP contribution >= 0.6 is 0 Å². The molecular weight excluding hydrogens is 439 g/mol. The Hall–Kier alpha value is -4.14. The van der Waals surface area contributed by atoms with Gasteiger partial charge < -0.3 is 14.7 Å². The van der Waals surface area contributed by atoms with E-state index in [0.29, 0.717) is 17.7 Å². The molecule has 2 aliphatic heterocycles. The lowest BCUT2D eigenvalue weighted by molar-refractivity contribution is 0.0625. The first kappa shape index (κ1) is 21.7. The quantitative estimate of drug-likeness (QED) is 0.590. The second kappa shape index (κ2) is 8.66. The van der Waals surface area contributed by atoms with E-state index in [1.165, 1.54) is 23.0 Å². The molecule has 0 aliphatic carbocycles. The molecule has 9 heteroatoms. The molecule has 0 spiro atoms. The monoisotopic (exact) mass is 462 g/mol. The van der Waals surface area contributed by atoms with Gasteiger partial charge in [-0.3, -0.25) is 24.3 Å². The number of pyridine rings is 2. The Kier molecular flexibility index (Phi) is 5.53. The highest BCUT2D eigenvalue weighted by Gasteiger charge is 2.40. The van der Waals surface area contributed by atoms with Gasteiger partial charge in [-0.15, -0.1) is 0 Å². The van der Waals surface area contributed by atoms with Crippen molar-refractivity contribution in [3.8, 4) is 11.5 Å². The number of hydrogen-bond donors (Lipinski definition) is 1. The van der Waals surface area contributed by atoms with E-state index in [-0.39, 0.29) is 30.8 Å². The van der Waals surface area contributed by atoms with Gasteiger partial charge in [0, 0.05) is 24.0 Å². The first-order valence-corrected chi connectivity index (χ1v) is 11.0. The third-order valence-corrected chi connectivity index (χ3v) is 6.15. The smallest absolute Gasteiger partial charge is 0.278 e. The number of carbonyl (C=O) groups is 1. The SMILES string of the molecule is CC[C@@H]1/C=C\COc2c(F)cccc2[C@H](c2ccccn2)N2CN1C(=O)c1c(O)c(=O)ccn12. The van der Waals surface area contributed by atoms with E-state index in [1.54, 1.807) is 46.4 Å². The average Bonchev–Trinajstić information content (AvgIpc) is 2.87. The second-order valence-corrected chi connectivity index (χ2v) is 8.11. The van der Waals surface area contributed by atoms with E-state index in [4.69, 9.17) is 4.74 Å². The van der Waals surface area contributed by atoms with Gasteiger partial charge in [-0.25, -0.2) is 4.39 Å². The van der Waals surface area contributed by atoms with Crippen LogP contribution in [-0.4, -0.2) is 44.9 Å². The number of rotatable bonds is 2. The van der Waals surface area contributed by atoms with Crippen LogP contribution in [0.1, 0.15) is 41.1 Å². The first-order chi connectivity index (χ1) is 16.5. The third kappa shape index (κ3) is 3.49. The molecule has 0 saturated carbocycles. The van der Waals surface area contributed by atoms with E-state index in [1.807, 2.05) is 19.1 Å². The van der Waals surface area contributed by atoms with Crippen LogP contribution in [0.25, 0.3) is 0 Å². The number of fused-ring (bicyclic) bond motifs is 5. The van der Waals surface area contributed by atoms with Crippen molar-refractivity contribution in [1.29, 1.82) is 0 Å². The number of aromatic hydroxyl groups is 1. The van der Waals surface area contributed by atoms with Crippen molar-refractivity contribution in [3.63, 3.8) is 0 Å². The molecule has 8 nitrogen and oxygen atoms in total. The maximum Gasteiger partial charge on any atom is 0.278 e. The Balaban J connectivity index is 1.83. The molecule has 1 amide bonds. The zero-order valence-corrected chi connectivity index (χ0v) is 18.5. The summed E-state index contributed by atoms with van der Waals surface area (Å²) < 4.78 is 22.3. The van der Waals surface area contributed by atoms with Gasteiger partial charge in [-0.2, -0.15) is 0 Å². The van der Waals surface area contributed by atoms with E-state index in [9.17, 15) is 14.7 Å². The van der Waals surface area contributed by atoms with Gasteiger partial charge in [0.15, 0.2) is 23.0 Å². The molecule has 2 bridgehead atoms. The molecule has 2 aromatic heterocycles. The summed E-state index contributed by atoms with van der Waals surface area (Å²) in [5, 5.41) is 12.4. The zero-order valence-electron chi connectivity index (χ0n) is 18.5.